The number of nitrogens with two attached hydrogens (primary N) is 1. The van der Waals surface area contributed by atoms with Crippen LogP contribution in [0.1, 0.15) is 6.23 Å². The van der Waals surface area contributed by atoms with Gasteiger partial charge in [-0.05, 0) is 24.3 Å². The van der Waals surface area contributed by atoms with E-state index in [1.54, 1.807) is 0 Å². The van der Waals surface area contributed by atoms with E-state index < -0.39 is 45.1 Å². The van der Waals surface area contributed by atoms with E-state index in [0.29, 0.717) is 5.02 Å². The molecular weight excluding hydrogens is 425 g/mol. The van der Waals surface area contributed by atoms with E-state index in [1.165, 1.54) is 24.3 Å². The van der Waals surface area contributed by atoms with Crippen LogP contribution in [-0.2, 0) is 23.8 Å². The van der Waals surface area contributed by atoms with E-state index in [9.17, 15) is 22.4 Å². The molecule has 0 radical (unpaired) electrons. The zero-order valence-corrected chi connectivity index (χ0v) is 15.6. The molecule has 2 atom stereocenters. The molecule has 2 heterocycles. The molecule has 9 nitrogen and oxygen atoms in total. The summed E-state index contributed by atoms with van der Waals surface area (Å²) < 4.78 is 48.4. The molecule has 0 saturated carbocycles. The number of aromatic nitrogens is 2. The van der Waals surface area contributed by atoms with E-state index >= 15 is 0 Å². The van der Waals surface area contributed by atoms with Crippen LogP contribution < -0.4 is 11.4 Å². The Hall–Kier alpha value is -2.15. The maximum atomic E-state index is 13.5. The van der Waals surface area contributed by atoms with Crippen LogP contribution in [-0.4, -0.2) is 35.1 Å². The van der Waals surface area contributed by atoms with E-state index in [1.807, 2.05) is 0 Å². The lowest BCUT2D eigenvalue weighted by atomic mass is 10.4. The van der Waals surface area contributed by atoms with Gasteiger partial charge in [-0.2, -0.15) is 13.4 Å². The largest absolute Gasteiger partial charge is 0.381 e. The van der Waals surface area contributed by atoms with E-state index in [-0.39, 0.29) is 10.6 Å². The highest BCUT2D eigenvalue weighted by molar-refractivity contribution is 8.00. The summed E-state index contributed by atoms with van der Waals surface area (Å²) in [5.74, 6) is -2.62. The predicted molar refractivity (Wildman–Crippen MR) is 94.0 cm³/mol. The first-order valence-corrected chi connectivity index (χ1v) is 10.1. The fourth-order valence-electron chi connectivity index (χ4n) is 2.12. The van der Waals surface area contributed by atoms with Crippen LogP contribution in [0, 0.1) is 5.82 Å². The van der Waals surface area contributed by atoms with Gasteiger partial charge in [0.25, 0.3) is 0 Å². The topological polar surface area (TPSA) is 131 Å². The molecule has 2 aromatic rings. The number of rotatable bonds is 4. The summed E-state index contributed by atoms with van der Waals surface area (Å²) in [7, 11) is -4.38. The van der Waals surface area contributed by atoms with Crippen LogP contribution in [0.4, 0.5) is 10.2 Å². The molecule has 1 aliphatic heterocycles. The van der Waals surface area contributed by atoms with Gasteiger partial charge in [-0.25, -0.2) is 14.0 Å². The smallest absolute Gasteiger partial charge is 0.361 e. The molecule has 3 rings (SSSR count). The number of carbonyl (C=O) groups excluding carboxylic acids is 1. The van der Waals surface area contributed by atoms with Crippen LogP contribution in [0.3, 0.4) is 0 Å². The molecule has 1 aliphatic rings. The standard InChI is InChI=1S/C14H11ClFN3O6S2/c15-7-1-3-8(4-2-7)27(22,23)25-12(20)13-24-10(6-26-13)19-5-9(16)11(17)18-14(19)21/h1-5,10,13H,6H2,(H2,17,18,21)/t10-,13+/m0/s1. The molecule has 1 saturated heterocycles. The van der Waals surface area contributed by atoms with Crippen LogP contribution >= 0.6 is 23.4 Å². The highest BCUT2D eigenvalue weighted by Crippen LogP contribution is 2.32. The third-order valence-electron chi connectivity index (χ3n) is 3.40. The van der Waals surface area contributed by atoms with Crippen LogP contribution in [0.15, 0.2) is 40.2 Å². The van der Waals surface area contributed by atoms with Crippen molar-refractivity contribution < 1.29 is 26.5 Å². The Bertz CT molecular complexity index is 1040. The summed E-state index contributed by atoms with van der Waals surface area (Å²) in [6, 6.07) is 5.01. The second-order valence-electron chi connectivity index (χ2n) is 5.23. The summed E-state index contributed by atoms with van der Waals surface area (Å²) >= 11 is 6.57. The molecule has 0 aliphatic carbocycles. The molecule has 2 N–H and O–H groups in total. The first-order valence-electron chi connectivity index (χ1n) is 7.22. The summed E-state index contributed by atoms with van der Waals surface area (Å²) in [5.41, 5.74) is 3.00. The van der Waals surface area contributed by atoms with Crippen LogP contribution in [0.5, 0.6) is 0 Å². The fourth-order valence-corrected chi connectivity index (χ4v) is 4.15. The summed E-state index contributed by atoms with van der Waals surface area (Å²) in [4.78, 5) is 26.9. The molecule has 13 heteroatoms. The fraction of sp³-hybridized carbons (Fsp3) is 0.214. The number of benzene rings is 1. The molecule has 0 amide bonds. The second kappa shape index (κ2) is 7.46. The van der Waals surface area contributed by atoms with Gasteiger partial charge < -0.3 is 14.7 Å². The average Bonchev–Trinajstić information content (AvgIpc) is 3.08. The minimum atomic E-state index is -4.38. The van der Waals surface area contributed by atoms with Crippen molar-refractivity contribution in [3.8, 4) is 0 Å². The third-order valence-corrected chi connectivity index (χ3v) is 5.97. The van der Waals surface area contributed by atoms with E-state index in [0.717, 1.165) is 22.5 Å². The summed E-state index contributed by atoms with van der Waals surface area (Å²) in [6.07, 6.45) is -0.241. The van der Waals surface area contributed by atoms with Crippen molar-refractivity contribution in [1.29, 1.82) is 0 Å². The van der Waals surface area contributed by atoms with Crippen molar-refractivity contribution in [2.24, 2.45) is 0 Å². The second-order valence-corrected chi connectivity index (χ2v) is 8.31. The minimum absolute atomic E-state index is 0.0612. The maximum Gasteiger partial charge on any atom is 0.361 e. The summed E-state index contributed by atoms with van der Waals surface area (Å²) in [5, 5.41) is 0.313. The number of carbonyl (C=O) groups is 1. The molecule has 27 heavy (non-hydrogen) atoms. The highest BCUT2D eigenvalue weighted by Gasteiger charge is 2.37. The number of halogens is 2. The number of hydrogen-bond acceptors (Lipinski definition) is 9. The molecule has 144 valence electrons. The van der Waals surface area contributed by atoms with E-state index in [4.69, 9.17) is 22.1 Å². The molecular formula is C14H11ClFN3O6S2. The lowest BCUT2D eigenvalue weighted by Crippen LogP contribution is -2.31. The first-order chi connectivity index (χ1) is 12.7. The number of nitrogens with zero attached hydrogens (tertiary/aromatic N) is 2. The van der Waals surface area contributed by atoms with Crippen molar-refractivity contribution in [3.05, 3.63) is 51.8 Å². The van der Waals surface area contributed by atoms with Crippen molar-refractivity contribution in [3.63, 3.8) is 0 Å². The van der Waals surface area contributed by atoms with Gasteiger partial charge in [-0.15, -0.1) is 11.8 Å². The van der Waals surface area contributed by atoms with Gasteiger partial charge in [-0.3, -0.25) is 4.57 Å². The zero-order chi connectivity index (χ0) is 19.8. The van der Waals surface area contributed by atoms with Gasteiger partial charge in [0.05, 0.1) is 6.20 Å². The third kappa shape index (κ3) is 4.24. The van der Waals surface area contributed by atoms with Crippen molar-refractivity contribution >= 4 is 45.3 Å². The number of anilines is 1. The predicted octanol–water partition coefficient (Wildman–Crippen LogP) is 1.14. The Balaban J connectivity index is 1.72. The Kier molecular flexibility index (Phi) is 5.42. The molecule has 0 unspecified atom stereocenters. The Labute approximate surface area is 161 Å². The van der Waals surface area contributed by atoms with Crippen molar-refractivity contribution in [2.45, 2.75) is 16.6 Å². The lowest BCUT2D eigenvalue weighted by molar-refractivity contribution is -0.144. The highest BCUT2D eigenvalue weighted by atomic mass is 35.5. The Morgan fingerprint density at radius 3 is 2.74 bits per heavy atom. The molecule has 1 aromatic heterocycles. The maximum absolute atomic E-state index is 13.5. The van der Waals surface area contributed by atoms with Gasteiger partial charge in [0.1, 0.15) is 11.1 Å². The first kappa shape index (κ1) is 19.6. The lowest BCUT2D eigenvalue weighted by Gasteiger charge is -2.14. The Morgan fingerprint density at radius 1 is 1.41 bits per heavy atom. The molecule has 0 spiro atoms. The number of hydrogen-bond donors (Lipinski definition) is 1. The number of ether oxygens (including phenoxy) is 1. The average molecular weight is 436 g/mol. The molecule has 0 bridgehead atoms. The SMILES string of the molecule is Nc1nc(=O)n([C@@H]2CS[C@H](C(=O)OS(=O)(=O)c3ccc(Cl)cc3)O2)cc1F. The normalized spacial score (nSPS) is 19.8. The Morgan fingerprint density at radius 2 is 2.07 bits per heavy atom. The van der Waals surface area contributed by atoms with Crippen molar-refractivity contribution in [2.75, 3.05) is 11.5 Å². The van der Waals surface area contributed by atoms with Gasteiger partial charge >= 0.3 is 21.8 Å². The number of nitrogen functional groups attached to an aromatic ring is 1. The summed E-state index contributed by atoms with van der Waals surface area (Å²) in [6.45, 7) is 0. The van der Waals surface area contributed by atoms with Gasteiger partial charge in [0, 0.05) is 10.8 Å². The van der Waals surface area contributed by atoms with Gasteiger partial charge in [0.15, 0.2) is 11.6 Å². The van der Waals surface area contributed by atoms with E-state index in [2.05, 4.69) is 9.17 Å². The molecule has 1 aromatic carbocycles. The molecule has 1 fully saturated rings. The quantitative estimate of drug-likeness (QED) is 0.702. The zero-order valence-electron chi connectivity index (χ0n) is 13.2. The van der Waals surface area contributed by atoms with Crippen LogP contribution in [0.2, 0.25) is 5.02 Å². The van der Waals surface area contributed by atoms with Crippen molar-refractivity contribution in [1.82, 2.24) is 9.55 Å². The van der Waals surface area contributed by atoms with Crippen LogP contribution in [0.25, 0.3) is 0 Å². The monoisotopic (exact) mass is 435 g/mol. The minimum Gasteiger partial charge on any atom is -0.381 e. The van der Waals surface area contributed by atoms with Gasteiger partial charge in [0.2, 0.25) is 5.44 Å². The van der Waals surface area contributed by atoms with Gasteiger partial charge in [-0.1, -0.05) is 11.6 Å². The number of thioether (sulfide) groups is 1.